The van der Waals surface area contributed by atoms with Crippen molar-refractivity contribution in [3.63, 3.8) is 0 Å². The van der Waals surface area contributed by atoms with E-state index in [9.17, 15) is 14.4 Å². The number of benzene rings is 2. The highest BCUT2D eigenvalue weighted by Crippen LogP contribution is 2.19. The van der Waals surface area contributed by atoms with Crippen LogP contribution in [-0.2, 0) is 4.74 Å². The predicted octanol–water partition coefficient (Wildman–Crippen LogP) is 3.26. The van der Waals surface area contributed by atoms with Crippen molar-refractivity contribution in [2.45, 2.75) is 25.9 Å². The number of fused-ring (bicyclic) bond motifs is 1. The summed E-state index contributed by atoms with van der Waals surface area (Å²) in [5.41, 5.74) is 1.62. The van der Waals surface area contributed by atoms with Gasteiger partial charge in [-0.1, -0.05) is 23.8 Å². The van der Waals surface area contributed by atoms with Crippen molar-refractivity contribution in [2.75, 3.05) is 18.5 Å². The third-order valence-electron chi connectivity index (χ3n) is 5.04. The zero-order valence-electron chi connectivity index (χ0n) is 16.6. The van der Waals surface area contributed by atoms with Crippen molar-refractivity contribution in [1.82, 2.24) is 5.32 Å². The Morgan fingerprint density at radius 3 is 2.73 bits per heavy atom. The van der Waals surface area contributed by atoms with E-state index >= 15 is 0 Å². The minimum Gasteiger partial charge on any atom is -0.451 e. The second kappa shape index (κ2) is 8.51. The molecule has 2 heterocycles. The number of ether oxygens (including phenoxy) is 1. The second-order valence-corrected chi connectivity index (χ2v) is 7.32. The van der Waals surface area contributed by atoms with Gasteiger partial charge in [0.05, 0.1) is 22.7 Å². The summed E-state index contributed by atoms with van der Waals surface area (Å²) in [6.07, 6.45) is 1.93. The Balaban J connectivity index is 1.53. The Labute approximate surface area is 173 Å². The molecule has 3 aromatic rings. The molecule has 1 atom stereocenters. The van der Waals surface area contributed by atoms with Crippen molar-refractivity contribution in [1.29, 1.82) is 0 Å². The molecule has 2 aromatic carbocycles. The summed E-state index contributed by atoms with van der Waals surface area (Å²) < 4.78 is 11.1. The lowest BCUT2D eigenvalue weighted by Crippen LogP contribution is -2.32. The maximum atomic E-state index is 12.7. The number of amides is 2. The standard InChI is InChI=1S/C23H22N2O5/c1-14-8-9-20-17(11-14)19(26)12-21(30-20)23(28)25-18-7-3-2-6-16(18)22(27)24-13-15-5-4-10-29-15/h2-3,6-9,11-12,15H,4-5,10,13H2,1H3,(H,24,27)(H,25,28). The summed E-state index contributed by atoms with van der Waals surface area (Å²) in [7, 11) is 0. The topological polar surface area (TPSA) is 97.6 Å². The normalized spacial score (nSPS) is 15.8. The SMILES string of the molecule is Cc1ccc2oc(C(=O)Nc3ccccc3C(=O)NCC3CCCO3)cc(=O)c2c1. The lowest BCUT2D eigenvalue weighted by Gasteiger charge is -2.13. The number of hydrogen-bond donors (Lipinski definition) is 2. The minimum absolute atomic E-state index is 0.0196. The number of carbonyl (C=O) groups is 2. The van der Waals surface area contributed by atoms with Crippen LogP contribution in [0, 0.1) is 6.92 Å². The average molecular weight is 406 g/mol. The van der Waals surface area contributed by atoms with E-state index in [-0.39, 0.29) is 23.2 Å². The molecule has 2 N–H and O–H groups in total. The number of nitrogens with one attached hydrogen (secondary N) is 2. The highest BCUT2D eigenvalue weighted by atomic mass is 16.5. The lowest BCUT2D eigenvalue weighted by molar-refractivity contribution is 0.0858. The molecule has 1 aliphatic rings. The Kier molecular flexibility index (Phi) is 5.63. The smallest absolute Gasteiger partial charge is 0.291 e. The summed E-state index contributed by atoms with van der Waals surface area (Å²) >= 11 is 0. The molecule has 1 saturated heterocycles. The fourth-order valence-corrected chi connectivity index (χ4v) is 3.46. The number of carbonyl (C=O) groups excluding carboxylic acids is 2. The average Bonchev–Trinajstić information content (AvgIpc) is 3.26. The first-order valence-corrected chi connectivity index (χ1v) is 9.86. The highest BCUT2D eigenvalue weighted by Gasteiger charge is 2.19. The van der Waals surface area contributed by atoms with E-state index in [2.05, 4.69) is 10.6 Å². The van der Waals surface area contributed by atoms with E-state index in [1.165, 1.54) is 0 Å². The van der Waals surface area contributed by atoms with Crippen LogP contribution in [0.5, 0.6) is 0 Å². The molecule has 30 heavy (non-hydrogen) atoms. The van der Waals surface area contributed by atoms with Crippen molar-refractivity contribution in [2.24, 2.45) is 0 Å². The summed E-state index contributed by atoms with van der Waals surface area (Å²) in [5.74, 6) is -1.03. The second-order valence-electron chi connectivity index (χ2n) is 7.32. The summed E-state index contributed by atoms with van der Waals surface area (Å²) in [5, 5.41) is 5.94. The molecule has 7 nitrogen and oxygen atoms in total. The molecule has 0 bridgehead atoms. The molecule has 0 spiro atoms. The van der Waals surface area contributed by atoms with Gasteiger partial charge in [0.15, 0.2) is 11.2 Å². The number of aryl methyl sites for hydroxylation is 1. The van der Waals surface area contributed by atoms with Gasteiger partial charge in [-0.2, -0.15) is 0 Å². The Hall–Kier alpha value is -3.45. The first-order chi connectivity index (χ1) is 14.5. The molecule has 4 rings (SSSR count). The lowest BCUT2D eigenvalue weighted by atomic mass is 10.1. The minimum atomic E-state index is -0.603. The molecule has 7 heteroatoms. The first-order valence-electron chi connectivity index (χ1n) is 9.86. The maximum Gasteiger partial charge on any atom is 0.291 e. The van der Waals surface area contributed by atoms with Gasteiger partial charge >= 0.3 is 0 Å². The molecule has 0 aliphatic carbocycles. The van der Waals surface area contributed by atoms with E-state index < -0.39 is 5.91 Å². The fourth-order valence-electron chi connectivity index (χ4n) is 3.46. The van der Waals surface area contributed by atoms with Gasteiger partial charge < -0.3 is 19.8 Å². The number of hydrogen-bond acceptors (Lipinski definition) is 5. The fraction of sp³-hybridized carbons (Fsp3) is 0.261. The molecular formula is C23H22N2O5. The van der Waals surface area contributed by atoms with Gasteiger partial charge in [0, 0.05) is 19.2 Å². The van der Waals surface area contributed by atoms with Crippen LogP contribution in [0.25, 0.3) is 11.0 Å². The predicted molar refractivity (Wildman–Crippen MR) is 113 cm³/mol. The van der Waals surface area contributed by atoms with E-state index in [4.69, 9.17) is 9.15 Å². The Morgan fingerprint density at radius 2 is 1.93 bits per heavy atom. The van der Waals surface area contributed by atoms with E-state index in [1.54, 1.807) is 42.5 Å². The van der Waals surface area contributed by atoms with Crippen LogP contribution >= 0.6 is 0 Å². The maximum absolute atomic E-state index is 12.7. The van der Waals surface area contributed by atoms with Gasteiger partial charge in [0.2, 0.25) is 0 Å². The molecule has 1 aliphatic heterocycles. The Morgan fingerprint density at radius 1 is 1.10 bits per heavy atom. The molecule has 154 valence electrons. The third-order valence-corrected chi connectivity index (χ3v) is 5.04. The van der Waals surface area contributed by atoms with Gasteiger partial charge in [0.25, 0.3) is 11.8 Å². The first kappa shape index (κ1) is 19.8. The van der Waals surface area contributed by atoms with Crippen molar-refractivity contribution in [3.8, 4) is 0 Å². The van der Waals surface area contributed by atoms with Crippen LogP contribution in [0.4, 0.5) is 5.69 Å². The molecular weight excluding hydrogens is 384 g/mol. The summed E-state index contributed by atoms with van der Waals surface area (Å²) in [6.45, 7) is 3.00. The zero-order valence-corrected chi connectivity index (χ0v) is 16.6. The quantitative estimate of drug-likeness (QED) is 0.678. The summed E-state index contributed by atoms with van der Waals surface area (Å²) in [6, 6.07) is 13.0. The molecule has 0 saturated carbocycles. The molecule has 0 radical (unpaired) electrons. The molecule has 1 unspecified atom stereocenters. The highest BCUT2D eigenvalue weighted by molar-refractivity contribution is 6.08. The van der Waals surface area contributed by atoms with E-state index in [0.717, 1.165) is 24.5 Å². The van der Waals surface area contributed by atoms with Crippen molar-refractivity contribution in [3.05, 3.63) is 75.6 Å². The van der Waals surface area contributed by atoms with Crippen LogP contribution in [0.1, 0.15) is 39.3 Å². The van der Waals surface area contributed by atoms with Crippen LogP contribution < -0.4 is 16.1 Å². The monoisotopic (exact) mass is 406 g/mol. The van der Waals surface area contributed by atoms with Crippen LogP contribution in [-0.4, -0.2) is 31.1 Å². The number of para-hydroxylation sites is 1. The van der Waals surface area contributed by atoms with E-state index in [0.29, 0.717) is 35.4 Å². The van der Waals surface area contributed by atoms with Crippen molar-refractivity contribution >= 4 is 28.5 Å². The van der Waals surface area contributed by atoms with Crippen LogP contribution in [0.15, 0.2) is 57.7 Å². The van der Waals surface area contributed by atoms with Crippen LogP contribution in [0.3, 0.4) is 0 Å². The largest absolute Gasteiger partial charge is 0.451 e. The number of rotatable bonds is 5. The van der Waals surface area contributed by atoms with Crippen LogP contribution in [0.2, 0.25) is 0 Å². The Bertz CT molecular complexity index is 1160. The third kappa shape index (κ3) is 4.26. The molecule has 1 fully saturated rings. The zero-order chi connectivity index (χ0) is 21.1. The summed E-state index contributed by atoms with van der Waals surface area (Å²) in [4.78, 5) is 37.7. The van der Waals surface area contributed by atoms with E-state index in [1.807, 2.05) is 6.92 Å². The van der Waals surface area contributed by atoms with Crippen molar-refractivity contribution < 1.29 is 18.7 Å². The molecule has 2 amide bonds. The van der Waals surface area contributed by atoms with Gasteiger partial charge in [-0.05, 0) is 44.0 Å². The van der Waals surface area contributed by atoms with Gasteiger partial charge in [-0.15, -0.1) is 0 Å². The van der Waals surface area contributed by atoms with Gasteiger partial charge in [0.1, 0.15) is 5.58 Å². The van der Waals surface area contributed by atoms with Gasteiger partial charge in [-0.3, -0.25) is 14.4 Å². The number of anilines is 1. The molecule has 1 aromatic heterocycles. The van der Waals surface area contributed by atoms with Gasteiger partial charge in [-0.25, -0.2) is 0 Å².